The molecule has 0 radical (unpaired) electrons. The predicted octanol–water partition coefficient (Wildman–Crippen LogP) is 1.79. The summed E-state index contributed by atoms with van der Waals surface area (Å²) in [7, 11) is 1.52. The number of methoxy groups -OCH3 is 1. The number of amides is 1. The third-order valence-corrected chi connectivity index (χ3v) is 2.35. The van der Waals surface area contributed by atoms with Gasteiger partial charge in [-0.05, 0) is 18.6 Å². The van der Waals surface area contributed by atoms with Crippen molar-refractivity contribution in [1.82, 2.24) is 5.32 Å². The van der Waals surface area contributed by atoms with Crippen molar-refractivity contribution >= 4 is 11.7 Å². The van der Waals surface area contributed by atoms with Gasteiger partial charge >= 0.3 is 0 Å². The molecular weight excluding hydrogens is 218 g/mol. The molecule has 0 bridgehead atoms. The van der Waals surface area contributed by atoms with Crippen LogP contribution >= 0.6 is 0 Å². The number of rotatable bonds is 6. The van der Waals surface area contributed by atoms with Crippen LogP contribution in [0, 0.1) is 0 Å². The number of hydrogen-bond donors (Lipinski definition) is 1. The van der Waals surface area contributed by atoms with Crippen molar-refractivity contribution in [3.05, 3.63) is 29.8 Å². The summed E-state index contributed by atoms with van der Waals surface area (Å²) in [5.41, 5.74) is 0.346. The van der Waals surface area contributed by atoms with Gasteiger partial charge in [-0.15, -0.1) is 0 Å². The van der Waals surface area contributed by atoms with Crippen molar-refractivity contribution in [2.75, 3.05) is 13.7 Å². The second-order valence-electron chi connectivity index (χ2n) is 3.67. The molecule has 1 aromatic rings. The molecule has 92 valence electrons. The van der Waals surface area contributed by atoms with E-state index in [1.165, 1.54) is 7.11 Å². The maximum Gasteiger partial charge on any atom is 0.292 e. The molecule has 1 aromatic carbocycles. The molecule has 1 rings (SSSR count). The van der Waals surface area contributed by atoms with Crippen molar-refractivity contribution in [3.63, 3.8) is 0 Å². The Kier molecular flexibility index (Phi) is 5.20. The van der Waals surface area contributed by atoms with Gasteiger partial charge in [0.05, 0.1) is 7.11 Å². The first-order valence-corrected chi connectivity index (χ1v) is 5.65. The summed E-state index contributed by atoms with van der Waals surface area (Å²) in [6, 6.07) is 6.57. The lowest BCUT2D eigenvalue weighted by Crippen LogP contribution is -2.31. The Balaban J connectivity index is 2.64. The van der Waals surface area contributed by atoms with Crippen LogP contribution in [0.4, 0.5) is 0 Å². The Bertz CT molecular complexity index is 401. The highest BCUT2D eigenvalue weighted by atomic mass is 16.5. The van der Waals surface area contributed by atoms with E-state index in [1.807, 2.05) is 6.92 Å². The highest BCUT2D eigenvalue weighted by Crippen LogP contribution is 2.12. The van der Waals surface area contributed by atoms with Gasteiger partial charge in [0.25, 0.3) is 5.91 Å². The summed E-state index contributed by atoms with van der Waals surface area (Å²) < 4.78 is 5.00. The molecule has 4 heteroatoms. The van der Waals surface area contributed by atoms with Gasteiger partial charge < -0.3 is 10.1 Å². The minimum Gasteiger partial charge on any atom is -0.497 e. The summed E-state index contributed by atoms with van der Waals surface area (Å²) in [6.45, 7) is 2.56. The van der Waals surface area contributed by atoms with Crippen LogP contribution in [0.2, 0.25) is 0 Å². The molecule has 0 unspecified atom stereocenters. The average molecular weight is 235 g/mol. The zero-order valence-corrected chi connectivity index (χ0v) is 10.2. The van der Waals surface area contributed by atoms with E-state index >= 15 is 0 Å². The zero-order valence-electron chi connectivity index (χ0n) is 10.2. The van der Waals surface area contributed by atoms with Crippen molar-refractivity contribution in [1.29, 1.82) is 0 Å². The maximum absolute atomic E-state index is 11.7. The fourth-order valence-corrected chi connectivity index (χ4v) is 1.35. The lowest BCUT2D eigenvalue weighted by molar-refractivity contribution is -0.117. The van der Waals surface area contributed by atoms with Crippen LogP contribution in [0.1, 0.15) is 30.1 Å². The van der Waals surface area contributed by atoms with E-state index in [0.717, 1.165) is 12.8 Å². The first kappa shape index (κ1) is 13.2. The van der Waals surface area contributed by atoms with Crippen molar-refractivity contribution in [2.45, 2.75) is 19.8 Å². The fourth-order valence-electron chi connectivity index (χ4n) is 1.35. The monoisotopic (exact) mass is 235 g/mol. The molecule has 0 aliphatic heterocycles. The number of carbonyl (C=O) groups excluding carboxylic acids is 2. The van der Waals surface area contributed by atoms with Gasteiger partial charge in [0.2, 0.25) is 5.78 Å². The minimum atomic E-state index is -0.563. The molecule has 0 aliphatic rings. The maximum atomic E-state index is 11.7. The van der Waals surface area contributed by atoms with Crippen LogP contribution in [-0.2, 0) is 4.79 Å². The van der Waals surface area contributed by atoms with Gasteiger partial charge in [-0.25, -0.2) is 0 Å². The summed E-state index contributed by atoms with van der Waals surface area (Å²) >= 11 is 0. The number of nitrogens with one attached hydrogen (secondary N) is 1. The molecule has 1 N–H and O–H groups in total. The van der Waals surface area contributed by atoms with Crippen LogP contribution in [0.5, 0.6) is 5.75 Å². The molecule has 0 fully saturated rings. The van der Waals surface area contributed by atoms with Gasteiger partial charge in [-0.1, -0.05) is 25.5 Å². The van der Waals surface area contributed by atoms with Gasteiger partial charge in [-0.3, -0.25) is 9.59 Å². The van der Waals surface area contributed by atoms with E-state index in [0.29, 0.717) is 17.9 Å². The molecule has 0 saturated carbocycles. The van der Waals surface area contributed by atoms with Gasteiger partial charge in [-0.2, -0.15) is 0 Å². The Labute approximate surface area is 101 Å². The quantitative estimate of drug-likeness (QED) is 0.464. The standard InChI is InChI=1S/C13H17NO3/c1-3-4-8-14-13(16)12(15)10-6-5-7-11(9-10)17-2/h5-7,9H,3-4,8H2,1-2H3,(H,14,16). The van der Waals surface area contributed by atoms with E-state index in [9.17, 15) is 9.59 Å². The summed E-state index contributed by atoms with van der Waals surface area (Å²) in [4.78, 5) is 23.3. The molecular formula is C13H17NO3. The first-order chi connectivity index (χ1) is 8.19. The Hall–Kier alpha value is -1.84. The average Bonchev–Trinajstić information content (AvgIpc) is 2.38. The van der Waals surface area contributed by atoms with Crippen LogP contribution in [0.3, 0.4) is 0 Å². The second-order valence-corrected chi connectivity index (χ2v) is 3.67. The largest absolute Gasteiger partial charge is 0.497 e. The van der Waals surface area contributed by atoms with Crippen molar-refractivity contribution in [2.24, 2.45) is 0 Å². The number of unbranched alkanes of at least 4 members (excludes halogenated alkanes) is 1. The lowest BCUT2D eigenvalue weighted by Gasteiger charge is -2.05. The Morgan fingerprint density at radius 3 is 2.76 bits per heavy atom. The molecule has 0 spiro atoms. The Morgan fingerprint density at radius 2 is 2.12 bits per heavy atom. The van der Waals surface area contributed by atoms with Crippen LogP contribution in [0.25, 0.3) is 0 Å². The number of ketones is 1. The first-order valence-electron chi connectivity index (χ1n) is 5.65. The summed E-state index contributed by atoms with van der Waals surface area (Å²) in [5, 5.41) is 2.59. The molecule has 0 saturated heterocycles. The van der Waals surface area contributed by atoms with Gasteiger partial charge in [0.15, 0.2) is 0 Å². The van der Waals surface area contributed by atoms with E-state index in [2.05, 4.69) is 5.32 Å². The molecule has 0 aromatic heterocycles. The van der Waals surface area contributed by atoms with Gasteiger partial charge in [0, 0.05) is 12.1 Å². The van der Waals surface area contributed by atoms with E-state index in [4.69, 9.17) is 4.74 Å². The van der Waals surface area contributed by atoms with Crippen molar-refractivity contribution < 1.29 is 14.3 Å². The SMILES string of the molecule is CCCCNC(=O)C(=O)c1cccc(OC)c1. The summed E-state index contributed by atoms with van der Waals surface area (Å²) in [5.74, 6) is -0.524. The lowest BCUT2D eigenvalue weighted by atomic mass is 10.1. The highest BCUT2D eigenvalue weighted by molar-refractivity contribution is 6.42. The predicted molar refractivity (Wildman–Crippen MR) is 65.2 cm³/mol. The molecule has 17 heavy (non-hydrogen) atoms. The van der Waals surface area contributed by atoms with Crippen molar-refractivity contribution in [3.8, 4) is 5.75 Å². The van der Waals surface area contributed by atoms with Crippen LogP contribution in [0.15, 0.2) is 24.3 Å². The molecule has 1 amide bonds. The Morgan fingerprint density at radius 1 is 1.35 bits per heavy atom. The topological polar surface area (TPSA) is 55.4 Å². The smallest absolute Gasteiger partial charge is 0.292 e. The highest BCUT2D eigenvalue weighted by Gasteiger charge is 2.15. The normalized spacial score (nSPS) is 9.76. The second kappa shape index (κ2) is 6.68. The molecule has 4 nitrogen and oxygen atoms in total. The fraction of sp³-hybridized carbons (Fsp3) is 0.385. The van der Waals surface area contributed by atoms with Gasteiger partial charge in [0.1, 0.15) is 5.75 Å². The molecule has 0 aliphatic carbocycles. The number of benzene rings is 1. The zero-order chi connectivity index (χ0) is 12.7. The third kappa shape index (κ3) is 3.90. The number of hydrogen-bond acceptors (Lipinski definition) is 3. The summed E-state index contributed by atoms with van der Waals surface area (Å²) in [6.07, 6.45) is 1.85. The minimum absolute atomic E-state index is 0.346. The number of carbonyl (C=O) groups is 2. The van der Waals surface area contributed by atoms with Crippen LogP contribution in [-0.4, -0.2) is 25.3 Å². The van der Waals surface area contributed by atoms with E-state index in [-0.39, 0.29) is 0 Å². The van der Waals surface area contributed by atoms with E-state index < -0.39 is 11.7 Å². The number of ether oxygens (including phenoxy) is 1. The van der Waals surface area contributed by atoms with E-state index in [1.54, 1.807) is 24.3 Å². The third-order valence-electron chi connectivity index (χ3n) is 2.35. The molecule has 0 atom stereocenters. The number of Topliss-reactive ketones (excluding diaryl/α,β-unsaturated/α-hetero) is 1. The molecule has 0 heterocycles. The van der Waals surface area contributed by atoms with Crippen LogP contribution < -0.4 is 10.1 Å².